The lowest BCUT2D eigenvalue weighted by Gasteiger charge is -2.15. The quantitative estimate of drug-likeness (QED) is 0.767. The van der Waals surface area contributed by atoms with Gasteiger partial charge in [-0.15, -0.1) is 0 Å². The molecule has 0 bridgehead atoms. The number of nitrogens with one attached hydrogen (secondary N) is 1. The highest BCUT2D eigenvalue weighted by molar-refractivity contribution is 5.07. The van der Waals surface area contributed by atoms with Crippen LogP contribution in [0.5, 0.6) is 0 Å². The topological polar surface area (TPSA) is 50.1 Å². The molecule has 1 unspecified atom stereocenters. The van der Waals surface area contributed by atoms with Crippen molar-refractivity contribution in [2.75, 3.05) is 6.54 Å². The van der Waals surface area contributed by atoms with E-state index < -0.39 is 6.10 Å². The van der Waals surface area contributed by atoms with Crippen LogP contribution in [-0.2, 0) is 0 Å². The Bertz CT molecular complexity index is 317. The van der Waals surface area contributed by atoms with Crippen molar-refractivity contribution in [2.45, 2.75) is 44.9 Å². The summed E-state index contributed by atoms with van der Waals surface area (Å²) in [5, 5.41) is 13.2. The molecule has 2 N–H and O–H groups in total. The van der Waals surface area contributed by atoms with Crippen LogP contribution in [0.25, 0.3) is 0 Å². The van der Waals surface area contributed by atoms with Gasteiger partial charge in [0.2, 0.25) is 0 Å². The second kappa shape index (κ2) is 4.33. The van der Waals surface area contributed by atoms with Gasteiger partial charge in [-0.1, -0.05) is 13.8 Å². The lowest BCUT2D eigenvalue weighted by atomic mass is 10.2. The van der Waals surface area contributed by atoms with Crippen LogP contribution < -0.4 is 5.32 Å². The summed E-state index contributed by atoms with van der Waals surface area (Å²) in [4.78, 5) is 4.11. The van der Waals surface area contributed by atoms with E-state index in [-0.39, 0.29) is 0 Å². The van der Waals surface area contributed by atoms with E-state index in [2.05, 4.69) is 28.7 Å². The van der Waals surface area contributed by atoms with E-state index in [0.717, 1.165) is 5.69 Å². The first kappa shape index (κ1) is 10.6. The van der Waals surface area contributed by atoms with Gasteiger partial charge in [0.05, 0.1) is 18.2 Å². The number of aliphatic hydroxyl groups is 1. The molecule has 0 aliphatic heterocycles. The summed E-state index contributed by atoms with van der Waals surface area (Å²) >= 11 is 0. The van der Waals surface area contributed by atoms with Crippen LogP contribution in [0, 0.1) is 0 Å². The molecule has 1 aliphatic rings. The highest BCUT2D eigenvalue weighted by Gasteiger charge is 2.27. The lowest BCUT2D eigenvalue weighted by Crippen LogP contribution is -2.28. The van der Waals surface area contributed by atoms with Crippen molar-refractivity contribution in [2.24, 2.45) is 0 Å². The standard InChI is InChI=1S/C11H19N3O/c1-8(2)13-6-11(15)10-5-12-7-14(10)9-3-4-9/h5,7-9,11,13,15H,3-4,6H2,1-2H3. The molecule has 1 atom stereocenters. The number of hydrogen-bond acceptors (Lipinski definition) is 3. The summed E-state index contributed by atoms with van der Waals surface area (Å²) < 4.78 is 2.10. The van der Waals surface area contributed by atoms with Crippen LogP contribution in [-0.4, -0.2) is 27.2 Å². The maximum absolute atomic E-state index is 9.99. The second-order valence-electron chi connectivity index (χ2n) is 4.54. The Labute approximate surface area is 90.3 Å². The third-order valence-corrected chi connectivity index (χ3v) is 2.70. The van der Waals surface area contributed by atoms with Gasteiger partial charge in [-0.05, 0) is 12.8 Å². The lowest BCUT2D eigenvalue weighted by molar-refractivity contribution is 0.162. The Morgan fingerprint density at radius 3 is 2.93 bits per heavy atom. The first-order chi connectivity index (χ1) is 7.18. The number of imidazole rings is 1. The third-order valence-electron chi connectivity index (χ3n) is 2.70. The Hall–Kier alpha value is -0.870. The van der Waals surface area contributed by atoms with Gasteiger partial charge >= 0.3 is 0 Å². The molecule has 1 fully saturated rings. The molecule has 1 saturated carbocycles. The van der Waals surface area contributed by atoms with E-state index in [0.29, 0.717) is 18.6 Å². The summed E-state index contributed by atoms with van der Waals surface area (Å²) in [6.45, 7) is 4.74. The van der Waals surface area contributed by atoms with E-state index in [1.165, 1.54) is 12.8 Å². The number of aliphatic hydroxyl groups excluding tert-OH is 1. The van der Waals surface area contributed by atoms with E-state index in [4.69, 9.17) is 0 Å². The number of nitrogens with zero attached hydrogens (tertiary/aromatic N) is 2. The first-order valence-electron chi connectivity index (χ1n) is 5.61. The van der Waals surface area contributed by atoms with E-state index in [1.807, 2.05) is 6.33 Å². The molecule has 1 aromatic heterocycles. The fraction of sp³-hybridized carbons (Fsp3) is 0.727. The summed E-state index contributed by atoms with van der Waals surface area (Å²) in [5.41, 5.74) is 0.936. The molecule has 4 nitrogen and oxygen atoms in total. The Morgan fingerprint density at radius 1 is 1.60 bits per heavy atom. The van der Waals surface area contributed by atoms with Gasteiger partial charge in [-0.2, -0.15) is 0 Å². The summed E-state index contributed by atoms with van der Waals surface area (Å²) in [7, 11) is 0. The van der Waals surface area contributed by atoms with Crippen LogP contribution in [0.1, 0.15) is 44.5 Å². The zero-order valence-corrected chi connectivity index (χ0v) is 9.35. The van der Waals surface area contributed by atoms with Crippen LogP contribution in [0.4, 0.5) is 0 Å². The maximum Gasteiger partial charge on any atom is 0.108 e. The van der Waals surface area contributed by atoms with Crippen molar-refractivity contribution in [1.82, 2.24) is 14.9 Å². The molecule has 4 heteroatoms. The molecule has 84 valence electrons. The summed E-state index contributed by atoms with van der Waals surface area (Å²) in [6.07, 6.45) is 5.58. The van der Waals surface area contributed by atoms with E-state index >= 15 is 0 Å². The molecule has 0 radical (unpaired) electrons. The summed E-state index contributed by atoms with van der Waals surface area (Å²) in [6, 6.07) is 0.980. The molecule has 2 rings (SSSR count). The predicted octanol–water partition coefficient (Wildman–Crippen LogP) is 1.25. The number of hydrogen-bond donors (Lipinski definition) is 2. The van der Waals surface area contributed by atoms with Gasteiger partial charge in [0.15, 0.2) is 0 Å². The Kier molecular flexibility index (Phi) is 3.07. The molecule has 0 saturated heterocycles. The van der Waals surface area contributed by atoms with Crippen molar-refractivity contribution in [3.8, 4) is 0 Å². The fourth-order valence-corrected chi connectivity index (χ4v) is 1.68. The van der Waals surface area contributed by atoms with Gasteiger partial charge in [0, 0.05) is 18.6 Å². The monoisotopic (exact) mass is 209 g/mol. The molecule has 1 aliphatic carbocycles. The minimum Gasteiger partial charge on any atom is -0.385 e. The van der Waals surface area contributed by atoms with Crippen LogP contribution >= 0.6 is 0 Å². The van der Waals surface area contributed by atoms with Gasteiger partial charge in [-0.3, -0.25) is 0 Å². The van der Waals surface area contributed by atoms with Crippen LogP contribution in [0.2, 0.25) is 0 Å². The first-order valence-corrected chi connectivity index (χ1v) is 5.61. The van der Waals surface area contributed by atoms with Crippen molar-refractivity contribution in [1.29, 1.82) is 0 Å². The smallest absolute Gasteiger partial charge is 0.108 e. The number of aromatic nitrogens is 2. The van der Waals surface area contributed by atoms with Crippen molar-refractivity contribution >= 4 is 0 Å². The molecular weight excluding hydrogens is 190 g/mol. The number of rotatable bonds is 5. The highest BCUT2D eigenvalue weighted by Crippen LogP contribution is 2.36. The zero-order chi connectivity index (χ0) is 10.8. The predicted molar refractivity (Wildman–Crippen MR) is 58.6 cm³/mol. The third kappa shape index (κ3) is 2.58. The molecule has 1 aromatic rings. The van der Waals surface area contributed by atoms with E-state index in [9.17, 15) is 5.11 Å². The molecule has 0 aromatic carbocycles. The van der Waals surface area contributed by atoms with Crippen molar-refractivity contribution < 1.29 is 5.11 Å². The molecule has 15 heavy (non-hydrogen) atoms. The molecular formula is C11H19N3O. The minimum atomic E-state index is -0.449. The summed E-state index contributed by atoms with van der Waals surface area (Å²) in [5.74, 6) is 0. The van der Waals surface area contributed by atoms with Crippen LogP contribution in [0.3, 0.4) is 0 Å². The normalized spacial score (nSPS) is 18.4. The van der Waals surface area contributed by atoms with Gasteiger partial charge in [0.25, 0.3) is 0 Å². The van der Waals surface area contributed by atoms with Gasteiger partial charge in [0.1, 0.15) is 6.10 Å². The molecule has 0 amide bonds. The average Bonchev–Trinajstić information content (AvgIpc) is 2.93. The average molecular weight is 209 g/mol. The minimum absolute atomic E-state index is 0.400. The van der Waals surface area contributed by atoms with Crippen molar-refractivity contribution in [3.05, 3.63) is 18.2 Å². The maximum atomic E-state index is 9.99. The Balaban J connectivity index is 1.98. The largest absolute Gasteiger partial charge is 0.385 e. The second-order valence-corrected chi connectivity index (χ2v) is 4.54. The van der Waals surface area contributed by atoms with Gasteiger partial charge in [-0.25, -0.2) is 4.98 Å². The van der Waals surface area contributed by atoms with Crippen LogP contribution in [0.15, 0.2) is 12.5 Å². The highest BCUT2D eigenvalue weighted by atomic mass is 16.3. The van der Waals surface area contributed by atoms with Crippen molar-refractivity contribution in [3.63, 3.8) is 0 Å². The Morgan fingerprint density at radius 2 is 2.33 bits per heavy atom. The zero-order valence-electron chi connectivity index (χ0n) is 9.35. The van der Waals surface area contributed by atoms with Gasteiger partial charge < -0.3 is 15.0 Å². The van der Waals surface area contributed by atoms with E-state index in [1.54, 1.807) is 6.20 Å². The molecule has 1 heterocycles. The fourth-order valence-electron chi connectivity index (χ4n) is 1.68. The SMILES string of the molecule is CC(C)NCC(O)c1cncn1C1CC1. The molecule has 0 spiro atoms.